The number of nitrogens with one attached hydrogen (secondary N) is 2. The number of anilines is 2. The van der Waals surface area contributed by atoms with E-state index in [9.17, 15) is 4.39 Å². The summed E-state index contributed by atoms with van der Waals surface area (Å²) in [5.74, 6) is -0.101. The summed E-state index contributed by atoms with van der Waals surface area (Å²) in [6, 6.07) is 7.45. The Kier molecular flexibility index (Phi) is 3.48. The molecule has 98 valence electrons. The molecule has 0 aliphatic carbocycles. The normalized spacial score (nSPS) is 14.0. The summed E-state index contributed by atoms with van der Waals surface area (Å²) >= 11 is 3.20. The van der Waals surface area contributed by atoms with Gasteiger partial charge >= 0.3 is 0 Å². The Balaban J connectivity index is 1.95. The van der Waals surface area contributed by atoms with Crippen LogP contribution < -0.4 is 10.6 Å². The van der Waals surface area contributed by atoms with E-state index in [1.807, 2.05) is 12.1 Å². The highest BCUT2D eigenvalue weighted by Crippen LogP contribution is 2.27. The van der Waals surface area contributed by atoms with E-state index < -0.39 is 0 Å². The Morgan fingerprint density at radius 2 is 2.26 bits per heavy atom. The fourth-order valence-corrected chi connectivity index (χ4v) is 2.59. The molecule has 0 unspecified atom stereocenters. The van der Waals surface area contributed by atoms with Crippen molar-refractivity contribution in [2.45, 2.75) is 13.0 Å². The van der Waals surface area contributed by atoms with Crippen LogP contribution in [0.4, 0.5) is 15.9 Å². The molecule has 2 heterocycles. The third-order valence-electron chi connectivity index (χ3n) is 3.20. The standard InChI is InChI=1S/C14H13BrFN3/c15-10-6-12(16)14(18-8-10)19-13-3-1-2-9-7-17-5-4-11(9)13/h1-3,6,8,17H,4-5,7H2,(H,18,19). The van der Waals surface area contributed by atoms with E-state index >= 15 is 0 Å². The minimum absolute atomic E-state index is 0.259. The molecule has 0 bridgehead atoms. The van der Waals surface area contributed by atoms with Crippen LogP contribution in [-0.4, -0.2) is 11.5 Å². The number of nitrogens with zero attached hydrogens (tertiary/aromatic N) is 1. The van der Waals surface area contributed by atoms with Crippen LogP contribution in [0.1, 0.15) is 11.1 Å². The lowest BCUT2D eigenvalue weighted by Crippen LogP contribution is -2.24. The van der Waals surface area contributed by atoms with E-state index in [0.29, 0.717) is 4.47 Å². The lowest BCUT2D eigenvalue weighted by atomic mass is 9.99. The van der Waals surface area contributed by atoms with Crippen LogP contribution in [0.2, 0.25) is 0 Å². The molecular weight excluding hydrogens is 309 g/mol. The number of fused-ring (bicyclic) bond motifs is 1. The first-order valence-corrected chi connectivity index (χ1v) is 6.93. The van der Waals surface area contributed by atoms with E-state index in [-0.39, 0.29) is 11.6 Å². The molecule has 1 aromatic heterocycles. The zero-order chi connectivity index (χ0) is 13.2. The quantitative estimate of drug-likeness (QED) is 0.890. The second kappa shape index (κ2) is 5.27. The molecule has 5 heteroatoms. The van der Waals surface area contributed by atoms with E-state index in [1.54, 1.807) is 6.20 Å². The van der Waals surface area contributed by atoms with E-state index in [0.717, 1.165) is 25.2 Å². The smallest absolute Gasteiger partial charge is 0.166 e. The Labute approximate surface area is 119 Å². The van der Waals surface area contributed by atoms with Crippen molar-refractivity contribution in [3.63, 3.8) is 0 Å². The van der Waals surface area contributed by atoms with Gasteiger partial charge in [-0.1, -0.05) is 12.1 Å². The number of hydrogen-bond acceptors (Lipinski definition) is 3. The second-order valence-electron chi connectivity index (χ2n) is 4.48. The fraction of sp³-hybridized carbons (Fsp3) is 0.214. The van der Waals surface area contributed by atoms with Crippen molar-refractivity contribution in [1.82, 2.24) is 10.3 Å². The molecule has 0 saturated heterocycles. The summed E-state index contributed by atoms with van der Waals surface area (Å²) in [5, 5.41) is 6.42. The van der Waals surface area contributed by atoms with Crippen LogP contribution in [0.25, 0.3) is 0 Å². The highest BCUT2D eigenvalue weighted by Gasteiger charge is 2.14. The number of halogens is 2. The Morgan fingerprint density at radius 1 is 1.37 bits per heavy atom. The maximum absolute atomic E-state index is 13.8. The Bertz CT molecular complexity index is 616. The molecule has 0 amide bonds. The molecule has 0 atom stereocenters. The fourth-order valence-electron chi connectivity index (χ4n) is 2.28. The summed E-state index contributed by atoms with van der Waals surface area (Å²) in [6.07, 6.45) is 2.53. The number of pyridine rings is 1. The Morgan fingerprint density at radius 3 is 3.11 bits per heavy atom. The number of aromatic nitrogens is 1. The number of hydrogen-bond donors (Lipinski definition) is 2. The van der Waals surface area contributed by atoms with Crippen LogP contribution in [-0.2, 0) is 13.0 Å². The molecule has 2 aromatic rings. The van der Waals surface area contributed by atoms with Crippen molar-refractivity contribution < 1.29 is 4.39 Å². The van der Waals surface area contributed by atoms with Crippen molar-refractivity contribution in [3.8, 4) is 0 Å². The van der Waals surface area contributed by atoms with Crippen LogP contribution >= 0.6 is 15.9 Å². The van der Waals surface area contributed by atoms with E-state index in [1.165, 1.54) is 17.2 Å². The third kappa shape index (κ3) is 2.62. The maximum atomic E-state index is 13.8. The van der Waals surface area contributed by atoms with Crippen molar-refractivity contribution in [2.24, 2.45) is 0 Å². The van der Waals surface area contributed by atoms with Crippen molar-refractivity contribution in [3.05, 3.63) is 51.9 Å². The van der Waals surface area contributed by atoms with Gasteiger partial charge in [-0.2, -0.15) is 0 Å². The molecule has 1 aliphatic rings. The van der Waals surface area contributed by atoms with Crippen molar-refractivity contribution >= 4 is 27.4 Å². The van der Waals surface area contributed by atoms with Gasteiger partial charge in [-0.3, -0.25) is 0 Å². The van der Waals surface area contributed by atoms with Gasteiger partial charge in [0.2, 0.25) is 0 Å². The zero-order valence-corrected chi connectivity index (χ0v) is 11.8. The predicted octanol–water partition coefficient (Wildman–Crippen LogP) is 3.37. The number of rotatable bonds is 2. The average Bonchev–Trinajstić information content (AvgIpc) is 2.42. The van der Waals surface area contributed by atoms with Gasteiger partial charge < -0.3 is 10.6 Å². The second-order valence-corrected chi connectivity index (χ2v) is 5.39. The summed E-state index contributed by atoms with van der Waals surface area (Å²) in [5.41, 5.74) is 3.44. The van der Waals surface area contributed by atoms with Gasteiger partial charge in [-0.15, -0.1) is 0 Å². The third-order valence-corrected chi connectivity index (χ3v) is 3.63. The van der Waals surface area contributed by atoms with Crippen LogP contribution in [0, 0.1) is 5.82 Å². The SMILES string of the molecule is Fc1cc(Br)cnc1Nc1cccc2c1CCNC2. The highest BCUT2D eigenvalue weighted by atomic mass is 79.9. The summed E-state index contributed by atoms with van der Waals surface area (Å²) in [6.45, 7) is 1.81. The molecule has 1 aliphatic heterocycles. The zero-order valence-electron chi connectivity index (χ0n) is 10.2. The largest absolute Gasteiger partial charge is 0.338 e. The van der Waals surface area contributed by atoms with Gasteiger partial charge in [0, 0.05) is 22.9 Å². The minimum atomic E-state index is -0.360. The molecule has 0 saturated carbocycles. The summed E-state index contributed by atoms with van der Waals surface area (Å²) in [4.78, 5) is 4.07. The van der Waals surface area contributed by atoms with Gasteiger partial charge in [-0.05, 0) is 52.2 Å². The minimum Gasteiger partial charge on any atom is -0.338 e. The van der Waals surface area contributed by atoms with Crippen LogP contribution in [0.5, 0.6) is 0 Å². The lowest BCUT2D eigenvalue weighted by Gasteiger charge is -2.20. The summed E-state index contributed by atoms with van der Waals surface area (Å²) < 4.78 is 14.4. The summed E-state index contributed by atoms with van der Waals surface area (Å²) in [7, 11) is 0. The molecule has 3 rings (SSSR count). The first kappa shape index (κ1) is 12.6. The molecule has 1 aromatic carbocycles. The lowest BCUT2D eigenvalue weighted by molar-refractivity contribution is 0.624. The van der Waals surface area contributed by atoms with Crippen LogP contribution in [0.15, 0.2) is 34.9 Å². The number of benzene rings is 1. The van der Waals surface area contributed by atoms with Gasteiger partial charge in [0.25, 0.3) is 0 Å². The molecule has 19 heavy (non-hydrogen) atoms. The van der Waals surface area contributed by atoms with Crippen LogP contribution in [0.3, 0.4) is 0 Å². The van der Waals surface area contributed by atoms with Gasteiger partial charge in [0.15, 0.2) is 11.6 Å². The Hall–Kier alpha value is -1.46. The van der Waals surface area contributed by atoms with Gasteiger partial charge in [0.1, 0.15) is 0 Å². The topological polar surface area (TPSA) is 37.0 Å². The molecule has 0 radical (unpaired) electrons. The first-order chi connectivity index (χ1) is 9.24. The van der Waals surface area contributed by atoms with E-state index in [2.05, 4.69) is 37.6 Å². The molecule has 3 nitrogen and oxygen atoms in total. The van der Waals surface area contributed by atoms with Crippen molar-refractivity contribution in [2.75, 3.05) is 11.9 Å². The monoisotopic (exact) mass is 321 g/mol. The highest BCUT2D eigenvalue weighted by molar-refractivity contribution is 9.10. The first-order valence-electron chi connectivity index (χ1n) is 6.13. The van der Waals surface area contributed by atoms with Crippen molar-refractivity contribution in [1.29, 1.82) is 0 Å². The molecule has 2 N–H and O–H groups in total. The average molecular weight is 322 g/mol. The molecule has 0 spiro atoms. The molecule has 0 fully saturated rings. The van der Waals surface area contributed by atoms with Gasteiger partial charge in [0.05, 0.1) is 0 Å². The molecular formula is C14H13BrFN3. The predicted molar refractivity (Wildman–Crippen MR) is 77.0 cm³/mol. The maximum Gasteiger partial charge on any atom is 0.166 e. The van der Waals surface area contributed by atoms with Gasteiger partial charge in [-0.25, -0.2) is 9.37 Å². The van der Waals surface area contributed by atoms with E-state index in [4.69, 9.17) is 0 Å².